The van der Waals surface area contributed by atoms with Crippen molar-refractivity contribution < 1.29 is 9.53 Å². The van der Waals surface area contributed by atoms with Gasteiger partial charge in [0.05, 0.1) is 6.61 Å². The summed E-state index contributed by atoms with van der Waals surface area (Å²) in [5.74, 6) is 1.70. The largest absolute Gasteiger partial charge is 0.383 e. The molecular weight excluding hydrogens is 274 g/mol. The Labute approximate surface area is 129 Å². The molecule has 0 unspecified atom stereocenters. The van der Waals surface area contributed by atoms with Crippen LogP contribution in [0.15, 0.2) is 0 Å². The van der Waals surface area contributed by atoms with E-state index in [0.717, 1.165) is 18.8 Å². The summed E-state index contributed by atoms with van der Waals surface area (Å²) in [5.41, 5.74) is 0.361. The van der Waals surface area contributed by atoms with Crippen molar-refractivity contribution in [3.63, 3.8) is 0 Å². The fourth-order valence-electron chi connectivity index (χ4n) is 3.10. The van der Waals surface area contributed by atoms with Gasteiger partial charge in [0, 0.05) is 32.0 Å². The van der Waals surface area contributed by atoms with Gasteiger partial charge in [-0.1, -0.05) is 20.8 Å². The molecule has 0 saturated heterocycles. The van der Waals surface area contributed by atoms with Crippen LogP contribution in [0.2, 0.25) is 0 Å². The minimum Gasteiger partial charge on any atom is -0.383 e. The van der Waals surface area contributed by atoms with Gasteiger partial charge in [-0.2, -0.15) is 0 Å². The number of amides is 1. The molecular formula is C16H30ClNO2. The van der Waals surface area contributed by atoms with E-state index in [1.165, 1.54) is 12.8 Å². The second kappa shape index (κ2) is 8.23. The summed E-state index contributed by atoms with van der Waals surface area (Å²) in [5, 5.41) is 0. The number of carbonyl (C=O) groups excluding carboxylic acids is 1. The molecule has 0 aromatic heterocycles. The predicted molar refractivity (Wildman–Crippen MR) is 84.1 cm³/mol. The molecule has 1 aliphatic rings. The molecule has 0 aromatic carbocycles. The van der Waals surface area contributed by atoms with Gasteiger partial charge in [0.15, 0.2) is 0 Å². The van der Waals surface area contributed by atoms with Gasteiger partial charge in [-0.05, 0) is 37.0 Å². The van der Waals surface area contributed by atoms with Crippen LogP contribution in [0.5, 0.6) is 0 Å². The summed E-state index contributed by atoms with van der Waals surface area (Å²) in [6, 6.07) is 0. The first-order valence-corrected chi connectivity index (χ1v) is 8.27. The summed E-state index contributed by atoms with van der Waals surface area (Å²) in [7, 11) is 1.66. The number of rotatable bonds is 6. The molecule has 1 aliphatic carbocycles. The van der Waals surface area contributed by atoms with Crippen LogP contribution in [0.1, 0.15) is 46.5 Å². The van der Waals surface area contributed by atoms with Crippen LogP contribution in [-0.4, -0.2) is 43.5 Å². The van der Waals surface area contributed by atoms with Crippen LogP contribution in [0, 0.1) is 17.3 Å². The minimum atomic E-state index is 0.189. The minimum absolute atomic E-state index is 0.189. The Balaban J connectivity index is 2.51. The lowest BCUT2D eigenvalue weighted by atomic mass is 9.69. The monoisotopic (exact) mass is 303 g/mol. The SMILES string of the molecule is COCCN(CCCl)C(=O)C1CCC(C(C)(C)C)CC1. The van der Waals surface area contributed by atoms with Crippen LogP contribution >= 0.6 is 11.6 Å². The van der Waals surface area contributed by atoms with Crippen LogP contribution in [0.3, 0.4) is 0 Å². The first-order valence-electron chi connectivity index (χ1n) is 7.73. The third-order valence-electron chi connectivity index (χ3n) is 4.53. The van der Waals surface area contributed by atoms with Gasteiger partial charge in [-0.3, -0.25) is 4.79 Å². The zero-order chi connectivity index (χ0) is 15.2. The number of ether oxygens (including phenoxy) is 1. The molecule has 1 rings (SSSR count). The third kappa shape index (κ3) is 5.25. The lowest BCUT2D eigenvalue weighted by Gasteiger charge is -2.37. The average molecular weight is 304 g/mol. The van der Waals surface area contributed by atoms with Crippen molar-refractivity contribution in [2.24, 2.45) is 17.3 Å². The van der Waals surface area contributed by atoms with E-state index in [0.29, 0.717) is 31.0 Å². The molecule has 0 bridgehead atoms. The topological polar surface area (TPSA) is 29.5 Å². The van der Waals surface area contributed by atoms with Crippen molar-refractivity contribution >= 4 is 17.5 Å². The van der Waals surface area contributed by atoms with E-state index in [2.05, 4.69) is 20.8 Å². The zero-order valence-electron chi connectivity index (χ0n) is 13.5. The Morgan fingerprint density at radius 3 is 2.25 bits per heavy atom. The number of alkyl halides is 1. The van der Waals surface area contributed by atoms with Crippen molar-refractivity contribution in [3.05, 3.63) is 0 Å². The van der Waals surface area contributed by atoms with E-state index in [4.69, 9.17) is 16.3 Å². The number of halogens is 1. The number of nitrogens with zero attached hydrogens (tertiary/aromatic N) is 1. The fraction of sp³-hybridized carbons (Fsp3) is 0.938. The molecule has 3 nitrogen and oxygen atoms in total. The van der Waals surface area contributed by atoms with Gasteiger partial charge in [0.25, 0.3) is 0 Å². The predicted octanol–water partition coefficient (Wildman–Crippen LogP) is 3.55. The first-order chi connectivity index (χ1) is 9.40. The van der Waals surface area contributed by atoms with E-state index < -0.39 is 0 Å². The molecule has 0 atom stereocenters. The maximum absolute atomic E-state index is 12.6. The smallest absolute Gasteiger partial charge is 0.225 e. The molecule has 4 heteroatoms. The second-order valence-corrected chi connectivity index (χ2v) is 7.30. The van der Waals surface area contributed by atoms with Crippen molar-refractivity contribution in [1.82, 2.24) is 4.90 Å². The van der Waals surface area contributed by atoms with Crippen LogP contribution in [0.25, 0.3) is 0 Å². The normalized spacial score (nSPS) is 23.6. The average Bonchev–Trinajstić information content (AvgIpc) is 2.42. The van der Waals surface area contributed by atoms with Crippen molar-refractivity contribution in [1.29, 1.82) is 0 Å². The van der Waals surface area contributed by atoms with E-state index in [9.17, 15) is 4.79 Å². The standard InChI is InChI=1S/C16H30ClNO2/c1-16(2,3)14-7-5-13(6-8-14)15(19)18(10-9-17)11-12-20-4/h13-14H,5-12H2,1-4H3. The molecule has 0 aliphatic heterocycles. The molecule has 1 fully saturated rings. The molecule has 20 heavy (non-hydrogen) atoms. The second-order valence-electron chi connectivity index (χ2n) is 6.92. The summed E-state index contributed by atoms with van der Waals surface area (Å²) in [6.45, 7) is 8.78. The van der Waals surface area contributed by atoms with Crippen molar-refractivity contribution in [2.75, 3.05) is 32.7 Å². The summed E-state index contributed by atoms with van der Waals surface area (Å²) >= 11 is 5.81. The van der Waals surface area contributed by atoms with Crippen molar-refractivity contribution in [3.8, 4) is 0 Å². The van der Waals surface area contributed by atoms with E-state index in [1.807, 2.05) is 4.90 Å². The van der Waals surface area contributed by atoms with Crippen LogP contribution in [0.4, 0.5) is 0 Å². The summed E-state index contributed by atoms with van der Waals surface area (Å²) in [4.78, 5) is 14.4. The molecule has 118 valence electrons. The van der Waals surface area contributed by atoms with Gasteiger partial charge in [0.2, 0.25) is 5.91 Å². The highest BCUT2D eigenvalue weighted by Crippen LogP contribution is 2.40. The van der Waals surface area contributed by atoms with Gasteiger partial charge >= 0.3 is 0 Å². The molecule has 0 heterocycles. The van der Waals surface area contributed by atoms with Gasteiger partial charge in [-0.15, -0.1) is 11.6 Å². The van der Waals surface area contributed by atoms with Gasteiger partial charge < -0.3 is 9.64 Å². The van der Waals surface area contributed by atoms with E-state index >= 15 is 0 Å². The van der Waals surface area contributed by atoms with E-state index in [-0.39, 0.29) is 11.8 Å². The van der Waals surface area contributed by atoms with Gasteiger partial charge in [0.1, 0.15) is 0 Å². The third-order valence-corrected chi connectivity index (χ3v) is 4.70. The molecule has 0 spiro atoms. The molecule has 1 saturated carbocycles. The zero-order valence-corrected chi connectivity index (χ0v) is 14.2. The first kappa shape index (κ1) is 17.8. The Bertz CT molecular complexity index is 293. The lowest BCUT2D eigenvalue weighted by Crippen LogP contribution is -2.41. The van der Waals surface area contributed by atoms with Crippen molar-refractivity contribution in [2.45, 2.75) is 46.5 Å². The maximum Gasteiger partial charge on any atom is 0.225 e. The molecule has 1 amide bonds. The Hall–Kier alpha value is -0.280. The highest BCUT2D eigenvalue weighted by Gasteiger charge is 2.33. The molecule has 0 radical (unpaired) electrons. The number of methoxy groups -OCH3 is 1. The quantitative estimate of drug-likeness (QED) is 0.702. The van der Waals surface area contributed by atoms with Gasteiger partial charge in [-0.25, -0.2) is 0 Å². The van der Waals surface area contributed by atoms with E-state index in [1.54, 1.807) is 7.11 Å². The Morgan fingerprint density at radius 1 is 1.20 bits per heavy atom. The lowest BCUT2D eigenvalue weighted by molar-refractivity contribution is -0.137. The Morgan fingerprint density at radius 2 is 1.80 bits per heavy atom. The highest BCUT2D eigenvalue weighted by atomic mass is 35.5. The molecule has 0 N–H and O–H groups in total. The highest BCUT2D eigenvalue weighted by molar-refractivity contribution is 6.18. The number of carbonyl (C=O) groups is 1. The summed E-state index contributed by atoms with van der Waals surface area (Å²) < 4.78 is 5.08. The molecule has 0 aromatic rings. The Kier molecular flexibility index (Phi) is 7.32. The van der Waals surface area contributed by atoms with Crippen LogP contribution in [-0.2, 0) is 9.53 Å². The fourth-order valence-corrected chi connectivity index (χ4v) is 3.30. The number of hydrogen-bond donors (Lipinski definition) is 0. The van der Waals surface area contributed by atoms with Crippen LogP contribution < -0.4 is 0 Å². The number of hydrogen-bond acceptors (Lipinski definition) is 2. The maximum atomic E-state index is 12.6. The summed E-state index contributed by atoms with van der Waals surface area (Å²) in [6.07, 6.45) is 4.37.